The van der Waals surface area contributed by atoms with Crippen molar-refractivity contribution in [2.24, 2.45) is 0 Å². The predicted octanol–water partition coefficient (Wildman–Crippen LogP) is 3.60. The van der Waals surface area contributed by atoms with Crippen LogP contribution in [0.2, 0.25) is 0 Å². The summed E-state index contributed by atoms with van der Waals surface area (Å²) in [7, 11) is -4.14. The van der Waals surface area contributed by atoms with Crippen LogP contribution in [0.1, 0.15) is 0 Å². The van der Waals surface area contributed by atoms with Crippen molar-refractivity contribution >= 4 is 32.5 Å². The van der Waals surface area contributed by atoms with Gasteiger partial charge in [-0.25, -0.2) is 31.7 Å². The lowest BCUT2D eigenvalue weighted by molar-refractivity contribution is 0.256. The van der Waals surface area contributed by atoms with E-state index in [9.17, 15) is 22.0 Å². The number of urea groups is 1. The molecule has 1 heterocycles. The normalized spacial score (nSPS) is 11.2. The summed E-state index contributed by atoms with van der Waals surface area (Å²) in [6.07, 6.45) is 0. The number of carbonyl (C=O) groups excluding carboxylic acids is 1. The average Bonchev–Trinajstić information content (AvgIpc) is 3.03. The van der Waals surface area contributed by atoms with E-state index in [1.165, 1.54) is 24.3 Å². The monoisotopic (exact) mass is 395 g/mol. The van der Waals surface area contributed by atoms with E-state index in [-0.39, 0.29) is 15.8 Å². The van der Waals surface area contributed by atoms with Gasteiger partial charge in [-0.15, -0.1) is 11.3 Å². The molecule has 2 aromatic carbocycles. The van der Waals surface area contributed by atoms with E-state index >= 15 is 0 Å². The van der Waals surface area contributed by atoms with E-state index in [2.05, 4.69) is 10.3 Å². The zero-order valence-electron chi connectivity index (χ0n) is 12.9. The molecule has 6 nitrogen and oxygen atoms in total. The van der Waals surface area contributed by atoms with Crippen molar-refractivity contribution in [1.82, 2.24) is 9.71 Å². The quantitative estimate of drug-likeness (QED) is 0.707. The number of halogens is 2. The third kappa shape index (κ3) is 4.21. The lowest BCUT2D eigenvalue weighted by Gasteiger charge is -2.06. The molecule has 0 aliphatic heterocycles. The van der Waals surface area contributed by atoms with Gasteiger partial charge in [-0.05, 0) is 48.5 Å². The van der Waals surface area contributed by atoms with Crippen LogP contribution in [-0.4, -0.2) is 19.4 Å². The SMILES string of the molecule is O=C(Nc1nc(-c2ccc(F)cc2)cs1)NS(=O)(=O)c1ccc(F)cc1. The van der Waals surface area contributed by atoms with Gasteiger partial charge in [0, 0.05) is 10.9 Å². The van der Waals surface area contributed by atoms with Gasteiger partial charge in [0.15, 0.2) is 5.13 Å². The lowest BCUT2D eigenvalue weighted by atomic mass is 10.2. The van der Waals surface area contributed by atoms with Gasteiger partial charge in [-0.2, -0.15) is 0 Å². The van der Waals surface area contributed by atoms with Gasteiger partial charge in [-0.1, -0.05) is 0 Å². The molecule has 26 heavy (non-hydrogen) atoms. The minimum Gasteiger partial charge on any atom is -0.283 e. The van der Waals surface area contributed by atoms with Gasteiger partial charge in [-0.3, -0.25) is 5.32 Å². The molecular formula is C16H11F2N3O3S2. The van der Waals surface area contributed by atoms with Crippen molar-refractivity contribution in [2.45, 2.75) is 4.90 Å². The maximum absolute atomic E-state index is 12.9. The minimum absolute atomic E-state index is 0.163. The first kappa shape index (κ1) is 18.0. The van der Waals surface area contributed by atoms with Gasteiger partial charge >= 0.3 is 6.03 Å². The fraction of sp³-hybridized carbons (Fsp3) is 0. The van der Waals surface area contributed by atoms with Crippen molar-refractivity contribution in [3.05, 3.63) is 65.5 Å². The molecule has 2 N–H and O–H groups in total. The second-order valence-corrected chi connectivity index (χ2v) is 7.60. The Morgan fingerprint density at radius 3 is 2.15 bits per heavy atom. The molecule has 0 unspecified atom stereocenters. The van der Waals surface area contributed by atoms with E-state index in [0.717, 1.165) is 35.6 Å². The van der Waals surface area contributed by atoms with Crippen LogP contribution in [-0.2, 0) is 10.0 Å². The second-order valence-electron chi connectivity index (χ2n) is 5.06. The largest absolute Gasteiger partial charge is 0.334 e. The first-order chi connectivity index (χ1) is 12.3. The van der Waals surface area contributed by atoms with Crippen LogP contribution in [0, 0.1) is 11.6 Å². The van der Waals surface area contributed by atoms with E-state index in [4.69, 9.17) is 0 Å². The van der Waals surface area contributed by atoms with Crippen LogP contribution in [0.15, 0.2) is 58.8 Å². The molecule has 0 fully saturated rings. The summed E-state index contributed by atoms with van der Waals surface area (Å²) < 4.78 is 51.7. The summed E-state index contributed by atoms with van der Waals surface area (Å²) in [6.45, 7) is 0. The first-order valence-electron chi connectivity index (χ1n) is 7.14. The highest BCUT2D eigenvalue weighted by Gasteiger charge is 2.18. The number of aromatic nitrogens is 1. The van der Waals surface area contributed by atoms with E-state index in [1.807, 2.05) is 4.72 Å². The summed E-state index contributed by atoms with van der Waals surface area (Å²) in [5.41, 5.74) is 1.15. The Morgan fingerprint density at radius 1 is 0.962 bits per heavy atom. The Balaban J connectivity index is 1.68. The molecule has 0 saturated heterocycles. The number of hydrogen-bond acceptors (Lipinski definition) is 5. The maximum atomic E-state index is 12.9. The molecule has 3 rings (SSSR count). The maximum Gasteiger partial charge on any atom is 0.334 e. The summed E-state index contributed by atoms with van der Waals surface area (Å²) in [5, 5.41) is 4.11. The molecule has 134 valence electrons. The molecule has 0 aliphatic carbocycles. The number of hydrogen-bond donors (Lipinski definition) is 2. The number of nitrogens with one attached hydrogen (secondary N) is 2. The van der Waals surface area contributed by atoms with Crippen LogP contribution in [0.5, 0.6) is 0 Å². The summed E-state index contributed by atoms with van der Waals surface area (Å²) in [5.74, 6) is -0.975. The molecular weight excluding hydrogens is 384 g/mol. The number of rotatable bonds is 4. The molecule has 0 atom stereocenters. The van der Waals surface area contributed by atoms with Gasteiger partial charge in [0.05, 0.1) is 10.6 Å². The summed E-state index contributed by atoms with van der Waals surface area (Å²) in [6, 6.07) is 8.66. The predicted molar refractivity (Wildman–Crippen MR) is 93.2 cm³/mol. The van der Waals surface area contributed by atoms with Crippen molar-refractivity contribution < 1.29 is 22.0 Å². The Hall–Kier alpha value is -2.85. The smallest absolute Gasteiger partial charge is 0.283 e. The standard InChI is InChI=1S/C16H11F2N3O3S2/c17-11-3-1-10(2-4-11)14-9-25-16(19-14)20-15(22)21-26(23,24)13-7-5-12(18)6-8-13/h1-9H,(H2,19,20,21,22). The zero-order chi connectivity index (χ0) is 18.7. The molecule has 3 aromatic rings. The molecule has 0 spiro atoms. The molecule has 10 heteroatoms. The van der Waals surface area contributed by atoms with Crippen LogP contribution in [0.3, 0.4) is 0 Å². The summed E-state index contributed by atoms with van der Waals surface area (Å²) in [4.78, 5) is 15.8. The molecule has 0 aliphatic rings. The number of thiazole rings is 1. The minimum atomic E-state index is -4.14. The van der Waals surface area contributed by atoms with E-state index in [0.29, 0.717) is 11.3 Å². The molecule has 0 radical (unpaired) electrons. The van der Waals surface area contributed by atoms with Crippen LogP contribution in [0.25, 0.3) is 11.3 Å². The number of anilines is 1. The second kappa shape index (κ2) is 7.18. The summed E-state index contributed by atoms with van der Waals surface area (Å²) >= 11 is 1.08. The molecule has 0 bridgehead atoms. The van der Waals surface area contributed by atoms with Gasteiger partial charge in [0.1, 0.15) is 11.6 Å². The van der Waals surface area contributed by atoms with E-state index in [1.54, 1.807) is 5.38 Å². The fourth-order valence-corrected chi connectivity index (χ4v) is 3.62. The Kier molecular flexibility index (Phi) is 4.96. The van der Waals surface area contributed by atoms with Crippen molar-refractivity contribution in [2.75, 3.05) is 5.32 Å². The Morgan fingerprint density at radius 2 is 1.54 bits per heavy atom. The van der Waals surface area contributed by atoms with Crippen LogP contribution >= 0.6 is 11.3 Å². The number of benzene rings is 2. The van der Waals surface area contributed by atoms with Gasteiger partial charge in [0.25, 0.3) is 10.0 Å². The molecule has 2 amide bonds. The third-order valence-corrected chi connectivity index (χ3v) is 5.32. The number of nitrogens with zero attached hydrogens (tertiary/aromatic N) is 1. The van der Waals surface area contributed by atoms with Crippen molar-refractivity contribution in [1.29, 1.82) is 0 Å². The van der Waals surface area contributed by atoms with Crippen LogP contribution < -0.4 is 10.0 Å². The first-order valence-corrected chi connectivity index (χ1v) is 9.50. The lowest BCUT2D eigenvalue weighted by Crippen LogP contribution is -2.34. The highest BCUT2D eigenvalue weighted by atomic mass is 32.2. The van der Waals surface area contributed by atoms with Crippen molar-refractivity contribution in [3.8, 4) is 11.3 Å². The number of carbonyl (C=O) groups is 1. The number of amides is 2. The molecule has 0 saturated carbocycles. The number of sulfonamides is 1. The van der Waals surface area contributed by atoms with E-state index < -0.39 is 21.9 Å². The zero-order valence-corrected chi connectivity index (χ0v) is 14.6. The Labute approximate surface area is 151 Å². The highest BCUT2D eigenvalue weighted by Crippen LogP contribution is 2.25. The third-order valence-electron chi connectivity index (χ3n) is 3.22. The van der Waals surface area contributed by atoms with Gasteiger partial charge in [0.2, 0.25) is 0 Å². The fourth-order valence-electron chi connectivity index (χ4n) is 2.00. The van der Waals surface area contributed by atoms with Gasteiger partial charge < -0.3 is 0 Å². The van der Waals surface area contributed by atoms with Crippen molar-refractivity contribution in [3.63, 3.8) is 0 Å². The van der Waals surface area contributed by atoms with Crippen LogP contribution in [0.4, 0.5) is 18.7 Å². The topological polar surface area (TPSA) is 88.2 Å². The highest BCUT2D eigenvalue weighted by molar-refractivity contribution is 7.90. The Bertz CT molecular complexity index is 1030. The average molecular weight is 395 g/mol. The molecule has 1 aromatic heterocycles.